The lowest BCUT2D eigenvalue weighted by Gasteiger charge is -2.02. The molecule has 1 amide bonds. The highest BCUT2D eigenvalue weighted by molar-refractivity contribution is 7.14. The largest absolute Gasteiger partial charge is 0.384 e. The Kier molecular flexibility index (Phi) is 5.24. The zero-order chi connectivity index (χ0) is 16.8. The average Bonchev–Trinajstić information content (AvgIpc) is 3.25. The monoisotopic (exact) mass is 344 g/mol. The Morgan fingerprint density at radius 2 is 2.17 bits per heavy atom. The summed E-state index contributed by atoms with van der Waals surface area (Å²) in [6.07, 6.45) is 2.27. The molecule has 0 atom stereocenters. The first-order valence-electron chi connectivity index (χ1n) is 7.29. The number of thiazole rings is 1. The van der Waals surface area contributed by atoms with Gasteiger partial charge in [-0.1, -0.05) is 24.3 Å². The molecule has 3 aromatic rings. The van der Waals surface area contributed by atoms with Crippen molar-refractivity contribution in [1.29, 1.82) is 0 Å². The summed E-state index contributed by atoms with van der Waals surface area (Å²) in [5.74, 6) is -0.224. The van der Waals surface area contributed by atoms with Gasteiger partial charge < -0.3 is 10.1 Å². The van der Waals surface area contributed by atoms with Gasteiger partial charge in [0, 0.05) is 18.1 Å². The maximum atomic E-state index is 11.9. The summed E-state index contributed by atoms with van der Waals surface area (Å²) in [6.45, 7) is 0.754. The number of nitrogens with one attached hydrogen (secondary N) is 1. The summed E-state index contributed by atoms with van der Waals surface area (Å²) in [6, 6.07) is 8.16. The van der Waals surface area contributed by atoms with E-state index >= 15 is 0 Å². The number of benzene rings is 1. The molecule has 1 aromatic carbocycles. The van der Waals surface area contributed by atoms with E-state index in [1.807, 2.05) is 17.5 Å². The molecule has 8 nitrogen and oxygen atoms in total. The van der Waals surface area contributed by atoms with Crippen molar-refractivity contribution in [3.8, 4) is 11.3 Å². The van der Waals surface area contributed by atoms with Crippen molar-refractivity contribution in [1.82, 2.24) is 25.2 Å². The first-order chi connectivity index (χ1) is 11.7. The molecule has 0 fully saturated rings. The Bertz CT molecular complexity index is 785. The fourth-order valence-electron chi connectivity index (χ4n) is 2.08. The molecule has 0 unspecified atom stereocenters. The van der Waals surface area contributed by atoms with Gasteiger partial charge in [0.1, 0.15) is 12.9 Å². The van der Waals surface area contributed by atoms with Gasteiger partial charge in [0.05, 0.1) is 12.3 Å². The van der Waals surface area contributed by atoms with Crippen LogP contribution in [0, 0.1) is 0 Å². The van der Waals surface area contributed by atoms with Crippen LogP contribution in [0.25, 0.3) is 11.3 Å². The van der Waals surface area contributed by atoms with Crippen molar-refractivity contribution < 1.29 is 9.53 Å². The number of ether oxygens (including phenoxy) is 1. The molecule has 0 saturated heterocycles. The molecule has 0 aliphatic rings. The SMILES string of the molecule is COCCc1ccc(-c2csc(NC(=O)Cn3cnnn3)n2)cc1. The molecule has 9 heteroatoms. The van der Waals surface area contributed by atoms with Crippen LogP contribution in [0.3, 0.4) is 0 Å². The smallest absolute Gasteiger partial charge is 0.248 e. The Morgan fingerprint density at radius 1 is 1.33 bits per heavy atom. The Morgan fingerprint density at radius 3 is 2.88 bits per heavy atom. The van der Waals surface area contributed by atoms with Crippen LogP contribution in [0.4, 0.5) is 5.13 Å². The number of hydrogen-bond donors (Lipinski definition) is 1. The first kappa shape index (κ1) is 16.2. The van der Waals surface area contributed by atoms with E-state index in [4.69, 9.17) is 4.74 Å². The number of rotatable bonds is 7. The molecular formula is C15H16N6O2S. The van der Waals surface area contributed by atoms with Crippen LogP contribution in [0.5, 0.6) is 0 Å². The van der Waals surface area contributed by atoms with Crippen molar-refractivity contribution >= 4 is 22.4 Å². The number of carbonyl (C=O) groups excluding carboxylic acids is 1. The number of carbonyl (C=O) groups is 1. The second-order valence-corrected chi connectivity index (χ2v) is 5.89. The minimum absolute atomic E-state index is 0.0517. The molecule has 2 heterocycles. The second-order valence-electron chi connectivity index (χ2n) is 5.03. The number of aromatic nitrogens is 5. The molecule has 2 aromatic heterocycles. The van der Waals surface area contributed by atoms with Crippen LogP contribution in [-0.2, 0) is 22.5 Å². The normalized spacial score (nSPS) is 10.7. The van der Waals surface area contributed by atoms with Crippen LogP contribution in [0.1, 0.15) is 5.56 Å². The molecule has 0 aliphatic heterocycles. The van der Waals surface area contributed by atoms with Crippen LogP contribution in [0.2, 0.25) is 0 Å². The Hall–Kier alpha value is -2.65. The lowest BCUT2D eigenvalue weighted by molar-refractivity contribution is -0.116. The van der Waals surface area contributed by atoms with Gasteiger partial charge in [-0.15, -0.1) is 16.4 Å². The summed E-state index contributed by atoms with van der Waals surface area (Å²) in [4.78, 5) is 16.3. The number of anilines is 1. The fraction of sp³-hybridized carbons (Fsp3) is 0.267. The van der Waals surface area contributed by atoms with Gasteiger partial charge in [0.2, 0.25) is 5.91 Å². The molecule has 0 bridgehead atoms. The van der Waals surface area contributed by atoms with E-state index in [0.29, 0.717) is 11.7 Å². The third kappa shape index (κ3) is 4.21. The Balaban J connectivity index is 1.61. The number of nitrogens with zero attached hydrogens (tertiary/aromatic N) is 5. The molecular weight excluding hydrogens is 328 g/mol. The molecule has 1 N–H and O–H groups in total. The number of methoxy groups -OCH3 is 1. The zero-order valence-corrected chi connectivity index (χ0v) is 13.9. The summed E-state index contributed by atoms with van der Waals surface area (Å²) in [5.41, 5.74) is 3.05. The summed E-state index contributed by atoms with van der Waals surface area (Å²) >= 11 is 1.38. The van der Waals surface area contributed by atoms with Gasteiger partial charge in [-0.05, 0) is 22.4 Å². The molecule has 0 aliphatic carbocycles. The number of tetrazole rings is 1. The summed E-state index contributed by atoms with van der Waals surface area (Å²) < 4.78 is 6.42. The number of amides is 1. The summed E-state index contributed by atoms with van der Waals surface area (Å²) in [7, 11) is 1.69. The van der Waals surface area contributed by atoms with Crippen molar-refractivity contribution in [3.05, 3.63) is 41.5 Å². The standard InChI is InChI=1S/C15H16N6O2S/c1-23-7-6-11-2-4-12(5-3-11)13-9-24-15(17-13)18-14(22)8-21-10-16-19-20-21/h2-5,9-10H,6-8H2,1H3,(H,17,18,22). The zero-order valence-electron chi connectivity index (χ0n) is 13.0. The Labute approximate surface area is 142 Å². The predicted octanol–water partition coefficient (Wildman–Crippen LogP) is 1.62. The maximum absolute atomic E-state index is 11.9. The van der Waals surface area contributed by atoms with Crippen LogP contribution < -0.4 is 5.32 Å². The van der Waals surface area contributed by atoms with Crippen molar-refractivity contribution in [3.63, 3.8) is 0 Å². The van der Waals surface area contributed by atoms with Crippen molar-refractivity contribution in [2.45, 2.75) is 13.0 Å². The highest BCUT2D eigenvalue weighted by Crippen LogP contribution is 2.25. The molecule has 0 spiro atoms. The van der Waals surface area contributed by atoms with Gasteiger partial charge >= 0.3 is 0 Å². The molecule has 0 saturated carbocycles. The van der Waals surface area contributed by atoms with E-state index in [0.717, 1.165) is 17.7 Å². The van der Waals surface area contributed by atoms with Crippen molar-refractivity contribution in [2.75, 3.05) is 19.0 Å². The lowest BCUT2D eigenvalue weighted by atomic mass is 10.1. The van der Waals surface area contributed by atoms with Gasteiger partial charge in [-0.3, -0.25) is 4.79 Å². The van der Waals surface area contributed by atoms with E-state index in [-0.39, 0.29) is 12.5 Å². The lowest BCUT2D eigenvalue weighted by Crippen LogP contribution is -2.19. The van der Waals surface area contributed by atoms with E-state index in [2.05, 4.69) is 38.0 Å². The molecule has 124 valence electrons. The van der Waals surface area contributed by atoms with Gasteiger partial charge in [0.15, 0.2) is 5.13 Å². The molecule has 24 heavy (non-hydrogen) atoms. The third-order valence-corrected chi connectivity index (χ3v) is 4.05. The topological polar surface area (TPSA) is 94.8 Å². The van der Waals surface area contributed by atoms with Gasteiger partial charge in [-0.2, -0.15) is 0 Å². The van der Waals surface area contributed by atoms with E-state index in [1.165, 1.54) is 27.9 Å². The quantitative estimate of drug-likeness (QED) is 0.700. The van der Waals surface area contributed by atoms with E-state index in [9.17, 15) is 4.79 Å². The average molecular weight is 344 g/mol. The third-order valence-electron chi connectivity index (χ3n) is 3.29. The van der Waals surface area contributed by atoms with Crippen LogP contribution >= 0.6 is 11.3 Å². The fourth-order valence-corrected chi connectivity index (χ4v) is 2.82. The van der Waals surface area contributed by atoms with E-state index < -0.39 is 0 Å². The van der Waals surface area contributed by atoms with E-state index in [1.54, 1.807) is 7.11 Å². The molecule has 3 rings (SSSR count). The van der Waals surface area contributed by atoms with Crippen molar-refractivity contribution in [2.24, 2.45) is 0 Å². The summed E-state index contributed by atoms with van der Waals surface area (Å²) in [5, 5.41) is 15.8. The predicted molar refractivity (Wildman–Crippen MR) is 89.6 cm³/mol. The van der Waals surface area contributed by atoms with Crippen LogP contribution in [0.15, 0.2) is 36.0 Å². The maximum Gasteiger partial charge on any atom is 0.248 e. The van der Waals surface area contributed by atoms with Gasteiger partial charge in [-0.25, -0.2) is 9.67 Å². The minimum Gasteiger partial charge on any atom is -0.384 e. The van der Waals surface area contributed by atoms with Gasteiger partial charge in [0.25, 0.3) is 0 Å². The van der Waals surface area contributed by atoms with Crippen LogP contribution in [-0.4, -0.2) is 44.8 Å². The number of hydrogen-bond acceptors (Lipinski definition) is 7. The molecule has 0 radical (unpaired) electrons. The highest BCUT2D eigenvalue weighted by atomic mass is 32.1. The minimum atomic E-state index is -0.224. The first-order valence-corrected chi connectivity index (χ1v) is 8.17. The second kappa shape index (κ2) is 7.75. The highest BCUT2D eigenvalue weighted by Gasteiger charge is 2.09.